The fourth-order valence-corrected chi connectivity index (χ4v) is 0.960. The summed E-state index contributed by atoms with van der Waals surface area (Å²) in [5, 5.41) is 0. The summed E-state index contributed by atoms with van der Waals surface area (Å²) >= 11 is 1.57. The molecule has 0 rings (SSSR count). The minimum Gasteiger partial charge on any atom is -0.463 e. The first-order chi connectivity index (χ1) is 5.20. The Kier molecular flexibility index (Phi) is 5.74. The Morgan fingerprint density at radius 1 is 1.73 bits per heavy atom. The molecule has 0 radical (unpaired) electrons. The zero-order chi connectivity index (χ0) is 8.69. The summed E-state index contributed by atoms with van der Waals surface area (Å²) in [6.45, 7) is 2.15. The average molecular weight is 175 g/mol. The Bertz CT molecular complexity index is 157. The summed E-state index contributed by atoms with van der Waals surface area (Å²) in [5.74, 6) is 0.303. The molecule has 0 unspecified atom stereocenters. The fourth-order valence-electron chi connectivity index (χ4n) is 0.544. The second kappa shape index (κ2) is 6.09. The monoisotopic (exact) mass is 175 g/mol. The van der Waals surface area contributed by atoms with Crippen LogP contribution in [-0.2, 0) is 9.53 Å². The van der Waals surface area contributed by atoms with Gasteiger partial charge in [-0.1, -0.05) is 0 Å². The smallest absolute Gasteiger partial charge is 0.332 e. The van der Waals surface area contributed by atoms with Crippen LogP contribution in [-0.4, -0.2) is 24.6 Å². The molecule has 0 aromatic carbocycles. The van der Waals surface area contributed by atoms with Crippen LogP contribution in [0.15, 0.2) is 11.8 Å². The highest BCUT2D eigenvalue weighted by Gasteiger charge is 1.96. The first-order valence-electron chi connectivity index (χ1n) is 3.32. The highest BCUT2D eigenvalue weighted by atomic mass is 32.2. The van der Waals surface area contributed by atoms with E-state index in [0.29, 0.717) is 18.1 Å². The van der Waals surface area contributed by atoms with E-state index >= 15 is 0 Å². The lowest BCUT2D eigenvalue weighted by atomic mass is 10.4. The molecule has 0 saturated heterocycles. The van der Waals surface area contributed by atoms with Crippen molar-refractivity contribution in [2.45, 2.75) is 6.92 Å². The second-order valence-corrected chi connectivity index (χ2v) is 2.77. The molecule has 0 fully saturated rings. The van der Waals surface area contributed by atoms with Gasteiger partial charge in [-0.05, 0) is 13.2 Å². The van der Waals surface area contributed by atoms with Crippen molar-refractivity contribution in [1.82, 2.24) is 0 Å². The largest absolute Gasteiger partial charge is 0.463 e. The van der Waals surface area contributed by atoms with Gasteiger partial charge in [0.1, 0.15) is 0 Å². The molecular formula is C7H13NO2S. The lowest BCUT2D eigenvalue weighted by molar-refractivity contribution is -0.137. The van der Waals surface area contributed by atoms with Crippen LogP contribution in [0.5, 0.6) is 0 Å². The van der Waals surface area contributed by atoms with Crippen LogP contribution in [0.3, 0.4) is 0 Å². The standard InChI is InChI=1S/C7H13NO2S/c1-3-10-7(9)4-6(8)5-11-2/h4H,3,5,8H2,1-2H3. The van der Waals surface area contributed by atoms with E-state index in [2.05, 4.69) is 4.74 Å². The van der Waals surface area contributed by atoms with E-state index in [1.165, 1.54) is 6.08 Å². The highest BCUT2D eigenvalue weighted by Crippen LogP contribution is 1.97. The van der Waals surface area contributed by atoms with Gasteiger partial charge in [0.2, 0.25) is 0 Å². The van der Waals surface area contributed by atoms with E-state index in [0.717, 1.165) is 0 Å². The zero-order valence-corrected chi connectivity index (χ0v) is 7.61. The van der Waals surface area contributed by atoms with Gasteiger partial charge in [0.25, 0.3) is 0 Å². The molecule has 0 aromatic heterocycles. The Hall–Kier alpha value is -0.640. The molecule has 4 heteroatoms. The van der Waals surface area contributed by atoms with Crippen molar-refractivity contribution in [3.63, 3.8) is 0 Å². The van der Waals surface area contributed by atoms with Crippen molar-refractivity contribution < 1.29 is 9.53 Å². The van der Waals surface area contributed by atoms with Crippen molar-refractivity contribution in [2.75, 3.05) is 18.6 Å². The molecule has 3 nitrogen and oxygen atoms in total. The number of thioether (sulfide) groups is 1. The predicted octanol–water partition coefficient (Wildman–Crippen LogP) is 0.755. The Morgan fingerprint density at radius 3 is 2.82 bits per heavy atom. The molecule has 0 aromatic rings. The van der Waals surface area contributed by atoms with Gasteiger partial charge in [-0.2, -0.15) is 11.8 Å². The molecule has 11 heavy (non-hydrogen) atoms. The topological polar surface area (TPSA) is 52.3 Å². The van der Waals surface area contributed by atoms with Crippen molar-refractivity contribution in [1.29, 1.82) is 0 Å². The summed E-state index contributed by atoms with van der Waals surface area (Å²) in [6.07, 6.45) is 3.24. The minimum absolute atomic E-state index is 0.362. The Labute approximate surface area is 71.0 Å². The molecule has 0 bridgehead atoms. The van der Waals surface area contributed by atoms with E-state index in [-0.39, 0.29) is 5.97 Å². The second-order valence-electron chi connectivity index (χ2n) is 1.90. The first-order valence-corrected chi connectivity index (χ1v) is 4.71. The Morgan fingerprint density at radius 2 is 2.36 bits per heavy atom. The molecule has 0 spiro atoms. The van der Waals surface area contributed by atoms with Gasteiger partial charge in [-0.15, -0.1) is 0 Å². The summed E-state index contributed by atoms with van der Waals surface area (Å²) in [6, 6.07) is 0. The zero-order valence-electron chi connectivity index (χ0n) is 6.79. The minimum atomic E-state index is -0.362. The molecule has 0 aliphatic heterocycles. The first kappa shape index (κ1) is 10.4. The lowest BCUT2D eigenvalue weighted by Gasteiger charge is -1.98. The molecule has 0 heterocycles. The molecule has 2 N–H and O–H groups in total. The number of nitrogens with two attached hydrogens (primary N) is 1. The summed E-state index contributed by atoms with van der Waals surface area (Å²) in [4.78, 5) is 10.7. The quantitative estimate of drug-likeness (QED) is 0.506. The van der Waals surface area contributed by atoms with E-state index < -0.39 is 0 Å². The maximum atomic E-state index is 10.7. The number of carbonyl (C=O) groups is 1. The van der Waals surface area contributed by atoms with E-state index in [9.17, 15) is 4.79 Å². The van der Waals surface area contributed by atoms with Crippen LogP contribution in [0.2, 0.25) is 0 Å². The predicted molar refractivity (Wildman–Crippen MR) is 47.3 cm³/mol. The lowest BCUT2D eigenvalue weighted by Crippen LogP contribution is -2.07. The molecule has 0 aliphatic carbocycles. The van der Waals surface area contributed by atoms with E-state index in [1.807, 2.05) is 6.26 Å². The van der Waals surface area contributed by atoms with Gasteiger partial charge in [0.15, 0.2) is 0 Å². The molecule has 0 aliphatic rings. The molecule has 0 saturated carbocycles. The Balaban J connectivity index is 3.76. The number of carbonyl (C=O) groups excluding carboxylic acids is 1. The summed E-state index contributed by atoms with van der Waals surface area (Å²) in [7, 11) is 0. The van der Waals surface area contributed by atoms with Gasteiger partial charge >= 0.3 is 5.97 Å². The van der Waals surface area contributed by atoms with Crippen molar-refractivity contribution in [2.24, 2.45) is 5.73 Å². The molecule has 0 amide bonds. The molecular weight excluding hydrogens is 162 g/mol. The van der Waals surface area contributed by atoms with Crippen LogP contribution in [0, 0.1) is 0 Å². The number of hydrogen-bond acceptors (Lipinski definition) is 4. The summed E-state index contributed by atoms with van der Waals surface area (Å²) in [5.41, 5.74) is 6.01. The van der Waals surface area contributed by atoms with Crippen LogP contribution in [0.4, 0.5) is 0 Å². The van der Waals surface area contributed by atoms with Crippen molar-refractivity contribution >= 4 is 17.7 Å². The maximum Gasteiger partial charge on any atom is 0.332 e. The van der Waals surface area contributed by atoms with Gasteiger partial charge in [-0.3, -0.25) is 0 Å². The third kappa shape index (κ3) is 5.79. The SMILES string of the molecule is CCOC(=O)C=C(N)CSC. The molecule has 64 valence electrons. The third-order valence-corrected chi connectivity index (χ3v) is 1.52. The van der Waals surface area contributed by atoms with Gasteiger partial charge in [0, 0.05) is 17.5 Å². The van der Waals surface area contributed by atoms with Crippen LogP contribution < -0.4 is 5.73 Å². The van der Waals surface area contributed by atoms with Gasteiger partial charge < -0.3 is 10.5 Å². The third-order valence-electron chi connectivity index (χ3n) is 0.901. The number of esters is 1. The van der Waals surface area contributed by atoms with Crippen LogP contribution in [0.25, 0.3) is 0 Å². The van der Waals surface area contributed by atoms with Crippen molar-refractivity contribution in [3.05, 3.63) is 11.8 Å². The fraction of sp³-hybridized carbons (Fsp3) is 0.571. The average Bonchev–Trinajstić information content (AvgIpc) is 1.87. The van der Waals surface area contributed by atoms with Gasteiger partial charge in [-0.25, -0.2) is 4.79 Å². The normalized spacial score (nSPS) is 11.3. The number of ether oxygens (including phenoxy) is 1. The maximum absolute atomic E-state index is 10.7. The van der Waals surface area contributed by atoms with Crippen LogP contribution >= 0.6 is 11.8 Å². The molecule has 0 atom stereocenters. The van der Waals surface area contributed by atoms with E-state index in [1.54, 1.807) is 18.7 Å². The number of hydrogen-bond donors (Lipinski definition) is 1. The van der Waals surface area contributed by atoms with E-state index in [4.69, 9.17) is 5.73 Å². The van der Waals surface area contributed by atoms with Crippen molar-refractivity contribution in [3.8, 4) is 0 Å². The highest BCUT2D eigenvalue weighted by molar-refractivity contribution is 7.98. The number of rotatable bonds is 4. The van der Waals surface area contributed by atoms with Crippen LogP contribution in [0.1, 0.15) is 6.92 Å². The van der Waals surface area contributed by atoms with Gasteiger partial charge in [0.05, 0.1) is 6.61 Å². The summed E-state index contributed by atoms with van der Waals surface area (Å²) < 4.78 is 4.65.